The van der Waals surface area contributed by atoms with Crippen LogP contribution in [0.2, 0.25) is 0 Å². The van der Waals surface area contributed by atoms with E-state index < -0.39 is 0 Å². The first kappa shape index (κ1) is 33.5. The molecule has 0 unspecified atom stereocenters. The Labute approximate surface area is 282 Å². The maximum Gasteiger partial charge on any atom is 0.261 e. The van der Waals surface area contributed by atoms with Crippen LogP contribution < -0.4 is 10.6 Å². The molecular formula is C40H46N4O4. The van der Waals surface area contributed by atoms with Crippen molar-refractivity contribution in [2.75, 3.05) is 39.3 Å². The van der Waals surface area contributed by atoms with E-state index >= 15 is 0 Å². The molecule has 6 rings (SSSR count). The number of benzene rings is 4. The number of amides is 4. The molecule has 0 spiro atoms. The van der Waals surface area contributed by atoms with Crippen molar-refractivity contribution in [1.29, 1.82) is 0 Å². The van der Waals surface area contributed by atoms with Gasteiger partial charge in [0.2, 0.25) is 0 Å². The van der Waals surface area contributed by atoms with E-state index in [0.717, 1.165) is 47.5 Å². The first-order chi connectivity index (χ1) is 23.6. The van der Waals surface area contributed by atoms with E-state index in [-0.39, 0.29) is 23.6 Å². The highest BCUT2D eigenvalue weighted by Crippen LogP contribution is 2.31. The van der Waals surface area contributed by atoms with Gasteiger partial charge in [0.1, 0.15) is 0 Å². The van der Waals surface area contributed by atoms with Gasteiger partial charge in [-0.3, -0.25) is 29.0 Å². The molecule has 2 N–H and O–H groups in total. The molecule has 8 nitrogen and oxygen atoms in total. The molecule has 0 aromatic heterocycles. The van der Waals surface area contributed by atoms with Gasteiger partial charge in [-0.2, -0.15) is 0 Å². The zero-order valence-corrected chi connectivity index (χ0v) is 27.8. The maximum atomic E-state index is 13.0. The number of nitrogens with zero attached hydrogens (tertiary/aromatic N) is 2. The van der Waals surface area contributed by atoms with Gasteiger partial charge in [0.15, 0.2) is 0 Å². The van der Waals surface area contributed by atoms with Crippen LogP contribution in [0.5, 0.6) is 0 Å². The van der Waals surface area contributed by atoms with Crippen LogP contribution in [-0.2, 0) is 0 Å². The van der Waals surface area contributed by atoms with E-state index in [1.165, 1.54) is 61.2 Å². The predicted octanol–water partition coefficient (Wildman–Crippen LogP) is 6.97. The second-order valence-electron chi connectivity index (χ2n) is 13.0. The summed E-state index contributed by atoms with van der Waals surface area (Å²) in [6, 6.07) is 22.5. The van der Waals surface area contributed by atoms with Crippen molar-refractivity contribution < 1.29 is 19.2 Å². The SMILES string of the molecule is O=C1c2cccc3cccc(c23)C(=O)N1CCNCCCCCCCCCCCCNCCN1C(=O)c2cccc3cccc(c23)C1=O. The molecule has 0 fully saturated rings. The second kappa shape index (κ2) is 16.1. The fraction of sp³-hybridized carbons (Fsp3) is 0.400. The molecule has 0 aliphatic carbocycles. The van der Waals surface area contributed by atoms with Crippen molar-refractivity contribution in [3.05, 3.63) is 95.1 Å². The molecule has 0 saturated carbocycles. The minimum absolute atomic E-state index is 0.200. The first-order valence-electron chi connectivity index (χ1n) is 17.7. The molecule has 0 bridgehead atoms. The van der Waals surface area contributed by atoms with Crippen molar-refractivity contribution in [1.82, 2.24) is 20.4 Å². The van der Waals surface area contributed by atoms with Crippen LogP contribution in [-0.4, -0.2) is 72.7 Å². The Morgan fingerprint density at radius 1 is 0.375 bits per heavy atom. The summed E-state index contributed by atoms with van der Waals surface area (Å²) in [5, 5.41) is 10.2. The lowest BCUT2D eigenvalue weighted by Crippen LogP contribution is -2.43. The van der Waals surface area contributed by atoms with Gasteiger partial charge in [0, 0.05) is 59.2 Å². The summed E-state index contributed by atoms with van der Waals surface area (Å²) < 4.78 is 0. The third-order valence-corrected chi connectivity index (χ3v) is 9.69. The number of imide groups is 2. The summed E-state index contributed by atoms with van der Waals surface area (Å²) in [6.45, 7) is 3.76. The molecule has 8 heteroatoms. The summed E-state index contributed by atoms with van der Waals surface area (Å²) in [5.41, 5.74) is 2.46. The zero-order chi connectivity index (χ0) is 33.3. The third kappa shape index (κ3) is 7.35. The summed E-state index contributed by atoms with van der Waals surface area (Å²) in [5.74, 6) is -0.800. The third-order valence-electron chi connectivity index (χ3n) is 9.69. The largest absolute Gasteiger partial charge is 0.315 e. The monoisotopic (exact) mass is 646 g/mol. The van der Waals surface area contributed by atoms with Crippen molar-refractivity contribution in [2.45, 2.75) is 64.2 Å². The minimum atomic E-state index is -0.200. The molecule has 4 aromatic rings. The Balaban J connectivity index is 0.743. The lowest BCUT2D eigenvalue weighted by molar-refractivity contribution is 0.0596. The molecule has 48 heavy (non-hydrogen) atoms. The molecule has 4 amide bonds. The van der Waals surface area contributed by atoms with Crippen LogP contribution in [0.15, 0.2) is 72.8 Å². The number of nitrogens with one attached hydrogen (secondary N) is 2. The number of rotatable bonds is 19. The topological polar surface area (TPSA) is 98.8 Å². The van der Waals surface area contributed by atoms with Crippen molar-refractivity contribution in [3.63, 3.8) is 0 Å². The van der Waals surface area contributed by atoms with Crippen molar-refractivity contribution >= 4 is 45.2 Å². The average Bonchev–Trinajstić information content (AvgIpc) is 3.11. The average molecular weight is 647 g/mol. The second-order valence-corrected chi connectivity index (χ2v) is 13.0. The van der Waals surface area contributed by atoms with E-state index in [4.69, 9.17) is 0 Å². The minimum Gasteiger partial charge on any atom is -0.315 e. The Bertz CT molecular complexity index is 1570. The van der Waals surface area contributed by atoms with E-state index in [2.05, 4.69) is 10.6 Å². The van der Waals surface area contributed by atoms with Crippen LogP contribution in [0.3, 0.4) is 0 Å². The van der Waals surface area contributed by atoms with Gasteiger partial charge in [-0.15, -0.1) is 0 Å². The fourth-order valence-corrected chi connectivity index (χ4v) is 7.11. The van der Waals surface area contributed by atoms with Gasteiger partial charge in [0.25, 0.3) is 23.6 Å². The molecule has 0 saturated heterocycles. The molecule has 0 atom stereocenters. The number of unbranched alkanes of at least 4 members (excludes halogenated alkanes) is 9. The normalized spacial score (nSPS) is 14.2. The van der Waals surface area contributed by atoms with E-state index in [1.807, 2.05) is 72.8 Å². The van der Waals surface area contributed by atoms with Gasteiger partial charge in [-0.25, -0.2) is 0 Å². The number of carbonyl (C=O) groups is 4. The molecule has 2 aliphatic heterocycles. The van der Waals surface area contributed by atoms with Crippen molar-refractivity contribution in [2.24, 2.45) is 0 Å². The lowest BCUT2D eigenvalue weighted by atomic mass is 9.94. The lowest BCUT2D eigenvalue weighted by Gasteiger charge is -2.27. The quantitative estimate of drug-likeness (QED) is 0.0844. The van der Waals surface area contributed by atoms with E-state index in [0.29, 0.717) is 48.4 Å². The highest BCUT2D eigenvalue weighted by atomic mass is 16.2. The zero-order valence-electron chi connectivity index (χ0n) is 27.8. The molecule has 250 valence electrons. The summed E-state index contributed by atoms with van der Waals surface area (Å²) in [7, 11) is 0. The molecular weight excluding hydrogens is 600 g/mol. The van der Waals surface area contributed by atoms with Gasteiger partial charge < -0.3 is 10.6 Å². The first-order valence-corrected chi connectivity index (χ1v) is 17.7. The molecule has 2 heterocycles. The molecule has 2 aliphatic rings. The van der Waals surface area contributed by atoms with Crippen LogP contribution >= 0.6 is 0 Å². The fourth-order valence-electron chi connectivity index (χ4n) is 7.11. The summed E-state index contributed by atoms with van der Waals surface area (Å²) in [6.07, 6.45) is 12.1. The van der Waals surface area contributed by atoms with Crippen LogP contribution in [0.4, 0.5) is 0 Å². The van der Waals surface area contributed by atoms with Crippen molar-refractivity contribution in [3.8, 4) is 0 Å². The Hall–Kier alpha value is -4.40. The van der Waals surface area contributed by atoms with Crippen LogP contribution in [0.1, 0.15) is 106 Å². The van der Waals surface area contributed by atoms with Crippen LogP contribution in [0, 0.1) is 0 Å². The van der Waals surface area contributed by atoms with Gasteiger partial charge in [0.05, 0.1) is 0 Å². The highest BCUT2D eigenvalue weighted by Gasteiger charge is 2.33. The summed E-state index contributed by atoms with van der Waals surface area (Å²) >= 11 is 0. The molecule has 0 radical (unpaired) electrons. The van der Waals surface area contributed by atoms with E-state index in [1.54, 1.807) is 0 Å². The Morgan fingerprint density at radius 2 is 0.667 bits per heavy atom. The Kier molecular flexibility index (Phi) is 11.3. The standard InChI is InChI=1S/C40H46N4O4/c45-37-31-19-11-15-29-16-12-20-32(35(29)31)38(46)43(37)27-25-41-23-9-7-5-3-1-2-4-6-8-10-24-42-26-28-44-39(47)33-21-13-17-30-18-14-22-34(36(30)33)40(44)48/h11-22,41-42H,1-10,23-28H2. The van der Waals surface area contributed by atoms with E-state index in [9.17, 15) is 19.2 Å². The number of carbonyl (C=O) groups excluding carboxylic acids is 4. The maximum absolute atomic E-state index is 13.0. The number of hydrogen-bond donors (Lipinski definition) is 2. The van der Waals surface area contributed by atoms with Crippen LogP contribution in [0.25, 0.3) is 21.5 Å². The van der Waals surface area contributed by atoms with Gasteiger partial charge >= 0.3 is 0 Å². The number of hydrogen-bond acceptors (Lipinski definition) is 6. The molecule has 4 aromatic carbocycles. The highest BCUT2D eigenvalue weighted by molar-refractivity contribution is 6.26. The van der Waals surface area contributed by atoms with Gasteiger partial charge in [-0.05, 0) is 61.0 Å². The van der Waals surface area contributed by atoms with Gasteiger partial charge in [-0.1, -0.05) is 99.9 Å². The summed E-state index contributed by atoms with van der Waals surface area (Å²) in [4.78, 5) is 54.7. The predicted molar refractivity (Wildman–Crippen MR) is 191 cm³/mol. The smallest absolute Gasteiger partial charge is 0.261 e. The Morgan fingerprint density at radius 3 is 0.979 bits per heavy atom.